The minimum atomic E-state index is 0.840. The van der Waals surface area contributed by atoms with Gasteiger partial charge < -0.3 is 11.1 Å². The Hall–Kier alpha value is -1.44. The molecule has 0 aliphatic heterocycles. The lowest BCUT2D eigenvalue weighted by molar-refractivity contribution is 1.25. The fraction of sp³-hybridized carbons (Fsp3) is 0.333. The Labute approximate surface area is 85.8 Å². The van der Waals surface area contributed by atoms with Crippen molar-refractivity contribution >= 4 is 11.4 Å². The van der Waals surface area contributed by atoms with Crippen LogP contribution in [0.1, 0.15) is 19.4 Å². The van der Waals surface area contributed by atoms with Gasteiger partial charge in [-0.2, -0.15) is 0 Å². The van der Waals surface area contributed by atoms with Crippen molar-refractivity contribution in [1.29, 1.82) is 0 Å². The molecule has 1 rings (SSSR count). The summed E-state index contributed by atoms with van der Waals surface area (Å²) in [5.74, 6) is 0. The van der Waals surface area contributed by atoms with E-state index in [2.05, 4.69) is 25.2 Å². The molecule has 0 radical (unpaired) electrons. The van der Waals surface area contributed by atoms with Crippen LogP contribution in [0.15, 0.2) is 29.8 Å². The van der Waals surface area contributed by atoms with E-state index in [1.807, 2.05) is 25.1 Å². The van der Waals surface area contributed by atoms with Crippen LogP contribution < -0.4 is 11.1 Å². The Morgan fingerprint density at radius 1 is 1.43 bits per heavy atom. The molecule has 1 aromatic rings. The lowest BCUT2D eigenvalue weighted by atomic mass is 10.1. The van der Waals surface area contributed by atoms with Gasteiger partial charge in [-0.05, 0) is 38.5 Å². The number of rotatable bonds is 3. The third kappa shape index (κ3) is 2.80. The topological polar surface area (TPSA) is 38.0 Å². The number of benzene rings is 1. The molecule has 0 aromatic heterocycles. The highest BCUT2D eigenvalue weighted by atomic mass is 14.9. The van der Waals surface area contributed by atoms with Gasteiger partial charge in [0.05, 0.1) is 0 Å². The van der Waals surface area contributed by atoms with Crippen LogP contribution in [-0.4, -0.2) is 6.54 Å². The zero-order chi connectivity index (χ0) is 10.6. The summed E-state index contributed by atoms with van der Waals surface area (Å²) in [7, 11) is 0. The van der Waals surface area contributed by atoms with Gasteiger partial charge in [-0.3, -0.25) is 0 Å². The van der Waals surface area contributed by atoms with Crippen LogP contribution in [-0.2, 0) is 0 Å². The first-order valence-electron chi connectivity index (χ1n) is 4.83. The van der Waals surface area contributed by atoms with Gasteiger partial charge in [-0.15, -0.1) is 0 Å². The van der Waals surface area contributed by atoms with Gasteiger partial charge in [-0.25, -0.2) is 0 Å². The Morgan fingerprint density at radius 2 is 2.14 bits per heavy atom. The average Bonchev–Trinajstić information content (AvgIpc) is 2.12. The molecule has 2 nitrogen and oxygen atoms in total. The first-order valence-corrected chi connectivity index (χ1v) is 4.83. The van der Waals surface area contributed by atoms with Gasteiger partial charge >= 0.3 is 0 Å². The molecule has 76 valence electrons. The number of hydrogen-bond acceptors (Lipinski definition) is 2. The lowest BCUT2D eigenvalue weighted by Gasteiger charge is -2.09. The first-order chi connectivity index (χ1) is 6.61. The number of allylic oxidation sites excluding steroid dienone is 1. The number of hydrogen-bond donors (Lipinski definition) is 2. The molecular formula is C12H18N2. The van der Waals surface area contributed by atoms with Gasteiger partial charge in [0.1, 0.15) is 0 Å². The van der Waals surface area contributed by atoms with E-state index in [4.69, 9.17) is 5.73 Å². The maximum atomic E-state index is 5.80. The van der Waals surface area contributed by atoms with Crippen LogP contribution in [0.4, 0.5) is 11.4 Å². The van der Waals surface area contributed by atoms with Gasteiger partial charge in [0, 0.05) is 17.9 Å². The lowest BCUT2D eigenvalue weighted by Crippen LogP contribution is -2.02. The van der Waals surface area contributed by atoms with Gasteiger partial charge in [-0.1, -0.05) is 17.7 Å². The van der Waals surface area contributed by atoms with Crippen molar-refractivity contribution in [3.63, 3.8) is 0 Å². The molecule has 0 aliphatic carbocycles. The number of anilines is 2. The van der Waals surface area contributed by atoms with Crippen molar-refractivity contribution in [1.82, 2.24) is 0 Å². The maximum absolute atomic E-state index is 5.80. The standard InChI is InChI=1S/C12H18N2/c1-9(2)7-8-14-12-6-4-5-11(13)10(12)3/h4-7,14H,8,13H2,1-3H3. The van der Waals surface area contributed by atoms with Gasteiger partial charge in [0.15, 0.2) is 0 Å². The van der Waals surface area contributed by atoms with E-state index in [9.17, 15) is 0 Å². The normalized spacial score (nSPS) is 9.64. The van der Waals surface area contributed by atoms with Crippen LogP contribution in [0.3, 0.4) is 0 Å². The Kier molecular flexibility index (Phi) is 3.57. The summed E-state index contributed by atoms with van der Waals surface area (Å²) in [4.78, 5) is 0. The largest absolute Gasteiger partial charge is 0.398 e. The average molecular weight is 190 g/mol. The minimum absolute atomic E-state index is 0.840. The summed E-state index contributed by atoms with van der Waals surface area (Å²) in [5.41, 5.74) is 10.2. The summed E-state index contributed by atoms with van der Waals surface area (Å²) < 4.78 is 0. The predicted octanol–water partition coefficient (Wildman–Crippen LogP) is 2.96. The van der Waals surface area contributed by atoms with Crippen molar-refractivity contribution in [3.05, 3.63) is 35.4 Å². The second-order valence-electron chi connectivity index (χ2n) is 3.68. The van der Waals surface area contributed by atoms with Crippen molar-refractivity contribution in [2.75, 3.05) is 17.6 Å². The summed E-state index contributed by atoms with van der Waals surface area (Å²) in [6, 6.07) is 5.93. The van der Waals surface area contributed by atoms with E-state index in [0.717, 1.165) is 23.5 Å². The van der Waals surface area contributed by atoms with E-state index in [1.165, 1.54) is 5.57 Å². The molecule has 0 saturated heterocycles. The van der Waals surface area contributed by atoms with Crippen molar-refractivity contribution in [2.24, 2.45) is 0 Å². The third-order valence-corrected chi connectivity index (χ3v) is 2.18. The van der Waals surface area contributed by atoms with E-state index in [1.54, 1.807) is 0 Å². The Balaban J connectivity index is 2.68. The molecule has 0 unspecified atom stereocenters. The van der Waals surface area contributed by atoms with E-state index < -0.39 is 0 Å². The summed E-state index contributed by atoms with van der Waals surface area (Å²) in [6.45, 7) is 7.06. The van der Waals surface area contributed by atoms with E-state index in [0.29, 0.717) is 0 Å². The molecule has 14 heavy (non-hydrogen) atoms. The molecular weight excluding hydrogens is 172 g/mol. The molecule has 1 aromatic carbocycles. The molecule has 0 atom stereocenters. The van der Waals surface area contributed by atoms with Crippen molar-refractivity contribution in [2.45, 2.75) is 20.8 Å². The zero-order valence-corrected chi connectivity index (χ0v) is 9.09. The quantitative estimate of drug-likeness (QED) is 0.568. The molecule has 0 aliphatic rings. The first kappa shape index (κ1) is 10.6. The highest BCUT2D eigenvalue weighted by Gasteiger charge is 1.98. The molecule has 0 fully saturated rings. The highest BCUT2D eigenvalue weighted by molar-refractivity contribution is 5.62. The van der Waals surface area contributed by atoms with Crippen LogP contribution >= 0.6 is 0 Å². The van der Waals surface area contributed by atoms with Crippen molar-refractivity contribution < 1.29 is 0 Å². The summed E-state index contributed by atoms with van der Waals surface area (Å²) in [5, 5.41) is 3.33. The third-order valence-electron chi connectivity index (χ3n) is 2.18. The molecule has 0 bridgehead atoms. The van der Waals surface area contributed by atoms with Crippen LogP contribution in [0.5, 0.6) is 0 Å². The van der Waals surface area contributed by atoms with Crippen molar-refractivity contribution in [3.8, 4) is 0 Å². The summed E-state index contributed by atoms with van der Waals surface area (Å²) in [6.07, 6.45) is 2.16. The zero-order valence-electron chi connectivity index (χ0n) is 9.09. The van der Waals surface area contributed by atoms with E-state index in [-0.39, 0.29) is 0 Å². The number of nitrogens with two attached hydrogens (primary N) is 1. The number of nitrogen functional groups attached to an aromatic ring is 1. The molecule has 0 spiro atoms. The Morgan fingerprint density at radius 3 is 2.79 bits per heavy atom. The maximum Gasteiger partial charge on any atom is 0.0393 e. The smallest absolute Gasteiger partial charge is 0.0393 e. The number of nitrogens with one attached hydrogen (secondary N) is 1. The second kappa shape index (κ2) is 4.70. The minimum Gasteiger partial charge on any atom is -0.398 e. The summed E-state index contributed by atoms with van der Waals surface area (Å²) >= 11 is 0. The predicted molar refractivity (Wildman–Crippen MR) is 63.5 cm³/mol. The monoisotopic (exact) mass is 190 g/mol. The molecule has 0 amide bonds. The fourth-order valence-corrected chi connectivity index (χ4v) is 1.21. The molecule has 0 saturated carbocycles. The molecule has 2 heteroatoms. The molecule has 0 heterocycles. The van der Waals surface area contributed by atoms with Crippen LogP contribution in [0, 0.1) is 6.92 Å². The second-order valence-corrected chi connectivity index (χ2v) is 3.68. The van der Waals surface area contributed by atoms with Crippen LogP contribution in [0.2, 0.25) is 0 Å². The SMILES string of the molecule is CC(C)=CCNc1cccc(N)c1C. The Bertz CT molecular complexity index is 336. The fourth-order valence-electron chi connectivity index (χ4n) is 1.21. The van der Waals surface area contributed by atoms with Crippen LogP contribution in [0.25, 0.3) is 0 Å². The molecule has 3 N–H and O–H groups in total. The van der Waals surface area contributed by atoms with E-state index >= 15 is 0 Å². The highest BCUT2D eigenvalue weighted by Crippen LogP contribution is 2.19. The van der Waals surface area contributed by atoms with Gasteiger partial charge in [0.25, 0.3) is 0 Å². The van der Waals surface area contributed by atoms with Gasteiger partial charge in [0.2, 0.25) is 0 Å².